The molecule has 1 aliphatic carbocycles. The summed E-state index contributed by atoms with van der Waals surface area (Å²) in [6, 6.07) is 9.01. The number of nitrogens with two attached hydrogens (primary N) is 1. The number of rotatable bonds is 5. The molecule has 1 aromatic carbocycles. The van der Waals surface area contributed by atoms with Gasteiger partial charge in [0.1, 0.15) is 11.3 Å². The molecule has 2 N–H and O–H groups in total. The molecule has 4 rings (SSSR count). The number of nitrogens with zero attached hydrogens (tertiary/aromatic N) is 3. The highest BCUT2D eigenvalue weighted by Gasteiger charge is 2.21. The summed E-state index contributed by atoms with van der Waals surface area (Å²) >= 11 is 0. The second kappa shape index (κ2) is 7.81. The second-order valence-corrected chi connectivity index (χ2v) is 9.31. The summed E-state index contributed by atoms with van der Waals surface area (Å²) in [7, 11) is -3.75. The van der Waals surface area contributed by atoms with Gasteiger partial charge in [-0.1, -0.05) is 43.4 Å². The van der Waals surface area contributed by atoms with Crippen molar-refractivity contribution < 1.29 is 8.42 Å². The normalized spacial score (nSPS) is 16.8. The Balaban J connectivity index is 1.63. The Labute approximate surface area is 177 Å². The number of primary sulfonamides is 1. The first-order valence-corrected chi connectivity index (χ1v) is 11.6. The van der Waals surface area contributed by atoms with Crippen LogP contribution in [0.1, 0.15) is 41.9 Å². The number of benzene rings is 1. The van der Waals surface area contributed by atoms with Crippen LogP contribution in [0.2, 0.25) is 0 Å². The SMILES string of the molecule is CCc1nc2c(C)cc(C)nc2n1CC1=CCC(c2ccccc2S(N)(=O)=O)C=C1. The smallest absolute Gasteiger partial charge is 0.238 e. The van der Waals surface area contributed by atoms with Crippen LogP contribution in [0, 0.1) is 13.8 Å². The fraction of sp³-hybridized carbons (Fsp3) is 0.304. The minimum atomic E-state index is -3.75. The first kappa shape index (κ1) is 20.5. The van der Waals surface area contributed by atoms with Crippen LogP contribution in [0.5, 0.6) is 0 Å². The van der Waals surface area contributed by atoms with Crippen molar-refractivity contribution in [2.45, 2.75) is 51.0 Å². The molecular weight excluding hydrogens is 396 g/mol. The van der Waals surface area contributed by atoms with E-state index in [1.54, 1.807) is 12.1 Å². The quantitative estimate of drug-likeness (QED) is 0.674. The van der Waals surface area contributed by atoms with E-state index in [0.29, 0.717) is 6.54 Å². The van der Waals surface area contributed by atoms with Gasteiger partial charge in [-0.05, 0) is 49.1 Å². The van der Waals surface area contributed by atoms with Crippen molar-refractivity contribution in [3.05, 3.63) is 76.8 Å². The van der Waals surface area contributed by atoms with E-state index in [1.165, 1.54) is 0 Å². The van der Waals surface area contributed by atoms with Gasteiger partial charge in [-0.15, -0.1) is 0 Å². The average Bonchev–Trinajstić information content (AvgIpc) is 3.06. The molecule has 1 atom stereocenters. The van der Waals surface area contributed by atoms with E-state index >= 15 is 0 Å². The van der Waals surface area contributed by atoms with Crippen molar-refractivity contribution in [3.63, 3.8) is 0 Å². The van der Waals surface area contributed by atoms with Crippen molar-refractivity contribution >= 4 is 21.2 Å². The molecule has 0 amide bonds. The molecule has 0 spiro atoms. The predicted octanol–water partition coefficient (Wildman–Crippen LogP) is 3.93. The number of pyridine rings is 1. The van der Waals surface area contributed by atoms with Gasteiger partial charge in [-0.3, -0.25) is 0 Å². The Bertz CT molecular complexity index is 1290. The molecule has 0 radical (unpaired) electrons. The summed E-state index contributed by atoms with van der Waals surface area (Å²) in [5, 5.41) is 5.41. The van der Waals surface area contributed by atoms with E-state index in [4.69, 9.17) is 15.1 Å². The minimum Gasteiger partial charge on any atom is -0.308 e. The molecule has 6 nitrogen and oxygen atoms in total. The van der Waals surface area contributed by atoms with Gasteiger partial charge in [0.25, 0.3) is 0 Å². The van der Waals surface area contributed by atoms with Gasteiger partial charge in [0.15, 0.2) is 5.65 Å². The number of sulfonamides is 1. The van der Waals surface area contributed by atoms with Crippen LogP contribution in [-0.2, 0) is 23.0 Å². The molecule has 1 aliphatic rings. The van der Waals surface area contributed by atoms with E-state index in [-0.39, 0.29) is 10.8 Å². The minimum absolute atomic E-state index is 0.0175. The first-order valence-electron chi connectivity index (χ1n) is 10.1. The zero-order chi connectivity index (χ0) is 21.5. The monoisotopic (exact) mass is 422 g/mol. The molecule has 1 unspecified atom stereocenters. The molecule has 0 bridgehead atoms. The standard InChI is InChI=1S/C23H26N4O2S/c1-4-21-26-22-15(2)13-16(3)25-23(22)27(21)14-17-9-11-18(12-10-17)19-7-5-6-8-20(19)30(24,28)29/h5-11,13,18H,4,12,14H2,1-3H3,(H2,24,28,29). The van der Waals surface area contributed by atoms with Crippen LogP contribution >= 0.6 is 0 Å². The van der Waals surface area contributed by atoms with Crippen LogP contribution in [-0.4, -0.2) is 23.0 Å². The number of hydrogen-bond donors (Lipinski definition) is 1. The molecule has 3 aromatic rings. The number of aryl methyl sites for hydroxylation is 3. The van der Waals surface area contributed by atoms with E-state index in [1.807, 2.05) is 19.1 Å². The van der Waals surface area contributed by atoms with Crippen LogP contribution in [0.25, 0.3) is 11.2 Å². The molecule has 2 heterocycles. The van der Waals surface area contributed by atoms with Gasteiger partial charge in [-0.25, -0.2) is 23.5 Å². The van der Waals surface area contributed by atoms with Crippen LogP contribution in [0.3, 0.4) is 0 Å². The average molecular weight is 423 g/mol. The van der Waals surface area contributed by atoms with Gasteiger partial charge >= 0.3 is 0 Å². The second-order valence-electron chi connectivity index (χ2n) is 7.78. The summed E-state index contributed by atoms with van der Waals surface area (Å²) in [5.41, 5.74) is 5.89. The highest BCUT2D eigenvalue weighted by Crippen LogP contribution is 2.32. The Morgan fingerprint density at radius 2 is 1.97 bits per heavy atom. The van der Waals surface area contributed by atoms with Crippen LogP contribution < -0.4 is 5.14 Å². The number of hydrogen-bond acceptors (Lipinski definition) is 4. The number of allylic oxidation sites excluding steroid dienone is 4. The molecule has 156 valence electrons. The van der Waals surface area contributed by atoms with Gasteiger partial charge in [0.2, 0.25) is 10.0 Å². The van der Waals surface area contributed by atoms with E-state index in [9.17, 15) is 8.42 Å². The maximum Gasteiger partial charge on any atom is 0.238 e. The summed E-state index contributed by atoms with van der Waals surface area (Å²) in [5.74, 6) is 0.998. The maximum absolute atomic E-state index is 11.9. The van der Waals surface area contributed by atoms with Gasteiger partial charge in [-0.2, -0.15) is 0 Å². The lowest BCUT2D eigenvalue weighted by Crippen LogP contribution is -2.16. The third kappa shape index (κ3) is 3.82. The molecule has 0 saturated heterocycles. The highest BCUT2D eigenvalue weighted by atomic mass is 32.2. The maximum atomic E-state index is 11.9. The lowest BCUT2D eigenvalue weighted by Gasteiger charge is -2.19. The Morgan fingerprint density at radius 1 is 1.20 bits per heavy atom. The van der Waals surface area contributed by atoms with Crippen molar-refractivity contribution in [2.75, 3.05) is 0 Å². The first-order chi connectivity index (χ1) is 14.3. The van der Waals surface area contributed by atoms with Crippen molar-refractivity contribution in [2.24, 2.45) is 5.14 Å². The number of imidazole rings is 1. The third-order valence-corrected chi connectivity index (χ3v) is 6.54. The Hall–Kier alpha value is -2.77. The zero-order valence-corrected chi connectivity index (χ0v) is 18.3. The Kier molecular flexibility index (Phi) is 5.34. The number of aromatic nitrogens is 3. The molecule has 2 aromatic heterocycles. The van der Waals surface area contributed by atoms with E-state index in [2.05, 4.69) is 42.7 Å². The Morgan fingerprint density at radius 3 is 2.63 bits per heavy atom. The zero-order valence-electron chi connectivity index (χ0n) is 17.5. The van der Waals surface area contributed by atoms with E-state index < -0.39 is 10.0 Å². The van der Waals surface area contributed by atoms with Crippen molar-refractivity contribution in [3.8, 4) is 0 Å². The van der Waals surface area contributed by atoms with Gasteiger partial charge in [0.05, 0.1) is 11.4 Å². The van der Waals surface area contributed by atoms with Gasteiger partial charge in [0, 0.05) is 18.0 Å². The summed E-state index contributed by atoms with van der Waals surface area (Å²) in [6.45, 7) is 6.87. The summed E-state index contributed by atoms with van der Waals surface area (Å²) < 4.78 is 26.1. The van der Waals surface area contributed by atoms with Gasteiger partial charge < -0.3 is 4.57 Å². The highest BCUT2D eigenvalue weighted by molar-refractivity contribution is 7.89. The fourth-order valence-electron chi connectivity index (χ4n) is 4.13. The molecule has 0 aliphatic heterocycles. The van der Waals surface area contributed by atoms with E-state index in [0.717, 1.165) is 52.2 Å². The largest absolute Gasteiger partial charge is 0.308 e. The third-order valence-electron chi connectivity index (χ3n) is 5.56. The molecular formula is C23H26N4O2S. The molecule has 7 heteroatoms. The summed E-state index contributed by atoms with van der Waals surface area (Å²) in [4.78, 5) is 9.74. The predicted molar refractivity (Wildman–Crippen MR) is 119 cm³/mol. The molecule has 0 saturated carbocycles. The van der Waals surface area contributed by atoms with Crippen LogP contribution in [0.15, 0.2) is 59.0 Å². The lowest BCUT2D eigenvalue weighted by molar-refractivity contribution is 0.595. The lowest BCUT2D eigenvalue weighted by atomic mass is 9.90. The number of fused-ring (bicyclic) bond motifs is 1. The summed E-state index contributed by atoms with van der Waals surface area (Å²) in [6.07, 6.45) is 7.85. The molecule has 30 heavy (non-hydrogen) atoms. The van der Waals surface area contributed by atoms with Crippen molar-refractivity contribution in [1.82, 2.24) is 14.5 Å². The van der Waals surface area contributed by atoms with Crippen LogP contribution in [0.4, 0.5) is 0 Å². The fourth-order valence-corrected chi connectivity index (χ4v) is 4.94. The topological polar surface area (TPSA) is 90.9 Å². The van der Waals surface area contributed by atoms with Crippen molar-refractivity contribution in [1.29, 1.82) is 0 Å². The molecule has 0 fully saturated rings.